The zero-order valence-electron chi connectivity index (χ0n) is 18.7. The predicted molar refractivity (Wildman–Crippen MR) is 103 cm³/mol. The van der Waals surface area contributed by atoms with Crippen LogP contribution in [0.15, 0.2) is 24.8 Å². The Kier molecular flexibility index (Phi) is 4.56. The molecule has 0 fully saturated rings. The molecular weight excluding hydrogens is 384 g/mol. The Hall–Kier alpha value is -3.70. The van der Waals surface area contributed by atoms with Crippen LogP contribution in [0.3, 0.4) is 0 Å². The number of aromatic nitrogens is 12. The van der Waals surface area contributed by atoms with Crippen molar-refractivity contribution in [2.24, 2.45) is 56.4 Å². The lowest BCUT2D eigenvalue weighted by Gasteiger charge is -2.06. The third kappa shape index (κ3) is 3.19. The Balaban J connectivity index is 2.21. The van der Waals surface area contributed by atoms with Crippen molar-refractivity contribution in [1.82, 2.24) is 39.6 Å². The molecule has 0 unspecified atom stereocenters. The smallest absolute Gasteiger partial charge is 0.140 e. The van der Waals surface area contributed by atoms with Gasteiger partial charge in [0.05, 0.1) is 32.0 Å². The number of nitrogens with zero attached hydrogens (tertiary/aromatic N) is 12. The second kappa shape index (κ2) is 6.97. The van der Waals surface area contributed by atoms with E-state index in [9.17, 15) is 0 Å². The molecule has 0 amide bonds. The van der Waals surface area contributed by atoms with Crippen molar-refractivity contribution in [3.05, 3.63) is 47.6 Å². The summed E-state index contributed by atoms with van der Waals surface area (Å²) >= 11 is 0. The molecule has 0 spiro atoms. The molecular formula is C18H28N12+4. The highest BCUT2D eigenvalue weighted by Gasteiger charge is 2.36. The van der Waals surface area contributed by atoms with Gasteiger partial charge in [0.25, 0.3) is 0 Å². The molecule has 0 radical (unpaired) electrons. The van der Waals surface area contributed by atoms with Crippen molar-refractivity contribution >= 4 is 11.1 Å². The lowest BCUT2D eigenvalue weighted by Crippen LogP contribution is -2.29. The molecule has 0 aliphatic heterocycles. The SMILES string of the molecule is Cn1n[n+](C)cc1C(=C(c1c[n+](C)nn1C)c1c[n+](C)nn1C)c1c[n+](C)nn1C. The van der Waals surface area contributed by atoms with Crippen LogP contribution in [-0.2, 0) is 56.4 Å². The third-order valence-corrected chi connectivity index (χ3v) is 5.01. The number of hydrogen-bond donors (Lipinski definition) is 0. The molecule has 4 aromatic rings. The van der Waals surface area contributed by atoms with Crippen LogP contribution in [0, 0.1) is 0 Å². The largest absolute Gasteiger partial charge is 0.202 e. The predicted octanol–water partition coefficient (Wildman–Crippen LogP) is -3.07. The number of hydrogen-bond acceptors (Lipinski definition) is 4. The molecule has 0 aliphatic rings. The monoisotopic (exact) mass is 412 g/mol. The fraction of sp³-hybridized carbons (Fsp3) is 0.444. The van der Waals surface area contributed by atoms with Crippen LogP contribution in [-0.4, -0.2) is 39.6 Å². The fourth-order valence-electron chi connectivity index (χ4n) is 3.86. The van der Waals surface area contributed by atoms with Gasteiger partial charge in [-0.25, -0.2) is 0 Å². The maximum atomic E-state index is 4.53. The van der Waals surface area contributed by atoms with Crippen LogP contribution in [0.5, 0.6) is 0 Å². The molecule has 30 heavy (non-hydrogen) atoms. The quantitative estimate of drug-likeness (QED) is 0.333. The van der Waals surface area contributed by atoms with E-state index in [0.717, 1.165) is 33.9 Å². The molecule has 4 rings (SSSR count). The van der Waals surface area contributed by atoms with Crippen LogP contribution in [0.1, 0.15) is 22.8 Å². The van der Waals surface area contributed by atoms with Gasteiger partial charge in [-0.3, -0.25) is 0 Å². The van der Waals surface area contributed by atoms with Crippen LogP contribution in [0.4, 0.5) is 0 Å². The summed E-state index contributed by atoms with van der Waals surface area (Å²) in [6, 6.07) is 0. The molecule has 156 valence electrons. The van der Waals surface area contributed by atoms with E-state index in [0.29, 0.717) is 0 Å². The molecule has 0 atom stereocenters. The molecule has 0 N–H and O–H groups in total. The lowest BCUT2D eigenvalue weighted by atomic mass is 9.97. The minimum absolute atomic E-state index is 0.948. The molecule has 0 aliphatic carbocycles. The number of rotatable bonds is 4. The first-order valence-electron chi connectivity index (χ1n) is 9.51. The van der Waals surface area contributed by atoms with Gasteiger partial charge >= 0.3 is 0 Å². The van der Waals surface area contributed by atoms with Crippen molar-refractivity contribution in [3.63, 3.8) is 0 Å². The van der Waals surface area contributed by atoms with Gasteiger partial charge in [0.15, 0.2) is 24.8 Å². The van der Waals surface area contributed by atoms with Crippen LogP contribution < -0.4 is 18.7 Å². The van der Waals surface area contributed by atoms with E-state index in [2.05, 4.69) is 20.9 Å². The molecule has 0 saturated heterocycles. The minimum Gasteiger partial charge on any atom is -0.140 e. The van der Waals surface area contributed by atoms with Crippen LogP contribution in [0.25, 0.3) is 11.1 Å². The molecule has 0 bridgehead atoms. The first-order valence-corrected chi connectivity index (χ1v) is 9.51. The van der Waals surface area contributed by atoms with Gasteiger partial charge < -0.3 is 0 Å². The zero-order chi connectivity index (χ0) is 21.7. The lowest BCUT2D eigenvalue weighted by molar-refractivity contribution is -0.732. The van der Waals surface area contributed by atoms with E-state index in [1.54, 1.807) is 18.7 Å². The first kappa shape index (κ1) is 19.6. The van der Waals surface area contributed by atoms with Gasteiger partial charge in [0.2, 0.25) is 22.8 Å². The van der Waals surface area contributed by atoms with Gasteiger partial charge in [-0.15, -0.1) is 37.5 Å². The molecule has 12 heteroatoms. The zero-order valence-corrected chi connectivity index (χ0v) is 18.7. The summed E-state index contributed by atoms with van der Waals surface area (Å²) in [4.78, 5) is 0. The van der Waals surface area contributed by atoms with Gasteiger partial charge in [-0.1, -0.05) is 0 Å². The molecule has 4 aromatic heterocycles. The van der Waals surface area contributed by atoms with Gasteiger partial charge in [0.1, 0.15) is 56.4 Å². The van der Waals surface area contributed by atoms with Crippen LogP contribution in [0.2, 0.25) is 0 Å². The van der Waals surface area contributed by atoms with Gasteiger partial charge in [0, 0.05) is 0 Å². The van der Waals surface area contributed by atoms with E-state index in [4.69, 9.17) is 0 Å². The second-order valence-electron chi connectivity index (χ2n) is 7.55. The Morgan fingerprint density at radius 2 is 0.700 bits per heavy atom. The van der Waals surface area contributed by atoms with Crippen molar-refractivity contribution in [2.45, 2.75) is 0 Å². The first-order chi connectivity index (χ1) is 14.2. The van der Waals surface area contributed by atoms with Crippen molar-refractivity contribution in [3.8, 4) is 0 Å². The summed E-state index contributed by atoms with van der Waals surface area (Å²) in [6.45, 7) is 0. The van der Waals surface area contributed by atoms with E-state index in [1.165, 1.54) is 0 Å². The molecule has 0 saturated carbocycles. The average molecular weight is 413 g/mol. The maximum absolute atomic E-state index is 4.53. The van der Waals surface area contributed by atoms with Crippen LogP contribution >= 0.6 is 0 Å². The number of aryl methyl sites for hydroxylation is 8. The highest BCUT2D eigenvalue weighted by Crippen LogP contribution is 2.34. The summed E-state index contributed by atoms with van der Waals surface area (Å²) in [5, 5.41) is 18.1. The summed E-state index contributed by atoms with van der Waals surface area (Å²) in [6.07, 6.45) is 8.04. The van der Waals surface area contributed by atoms with E-state index in [1.807, 2.05) is 99.9 Å². The Labute approximate surface area is 174 Å². The summed E-state index contributed by atoms with van der Waals surface area (Å²) in [5.74, 6) is 0. The summed E-state index contributed by atoms with van der Waals surface area (Å²) < 4.78 is 14.7. The molecule has 0 aromatic carbocycles. The highest BCUT2D eigenvalue weighted by molar-refractivity contribution is 6.01. The second-order valence-corrected chi connectivity index (χ2v) is 7.55. The fourth-order valence-corrected chi connectivity index (χ4v) is 3.86. The van der Waals surface area contributed by atoms with Crippen molar-refractivity contribution in [1.29, 1.82) is 0 Å². The molecule has 12 nitrogen and oxygen atoms in total. The highest BCUT2D eigenvalue weighted by atomic mass is 15.5. The average Bonchev–Trinajstić information content (AvgIpc) is 3.34. The summed E-state index contributed by atoms with van der Waals surface area (Å²) in [7, 11) is 15.4. The van der Waals surface area contributed by atoms with Gasteiger partial charge in [-0.05, 0) is 0 Å². The van der Waals surface area contributed by atoms with E-state index >= 15 is 0 Å². The Morgan fingerprint density at radius 3 is 0.833 bits per heavy atom. The maximum Gasteiger partial charge on any atom is 0.202 e. The summed E-state index contributed by atoms with van der Waals surface area (Å²) in [5.41, 5.74) is 5.75. The normalized spacial score (nSPS) is 11.3. The van der Waals surface area contributed by atoms with Crippen molar-refractivity contribution < 1.29 is 18.7 Å². The van der Waals surface area contributed by atoms with E-state index < -0.39 is 0 Å². The van der Waals surface area contributed by atoms with Crippen molar-refractivity contribution in [2.75, 3.05) is 0 Å². The minimum atomic E-state index is 0.948. The topological polar surface area (TPSA) is 86.8 Å². The van der Waals surface area contributed by atoms with E-state index in [-0.39, 0.29) is 0 Å². The molecule has 4 heterocycles. The van der Waals surface area contributed by atoms with Gasteiger partial charge in [-0.2, -0.15) is 0 Å². The Morgan fingerprint density at radius 1 is 0.500 bits per heavy atom. The Bertz CT molecular complexity index is 1080. The third-order valence-electron chi connectivity index (χ3n) is 5.01. The standard InChI is InChI=1S/C18H28N12/c1-23-9-13(27(5)19-23)17(14-10-24(2)20-28(14)6)18(15-11-25(3)21-29(15)7)16-12-26(4)22-30(16)8/h9-12H,1-8H3/q+4.